The van der Waals surface area contributed by atoms with Crippen molar-refractivity contribution in [2.24, 2.45) is 0 Å². The van der Waals surface area contributed by atoms with Gasteiger partial charge in [0.1, 0.15) is 6.04 Å². The second-order valence-corrected chi connectivity index (χ2v) is 4.62. The van der Waals surface area contributed by atoms with Gasteiger partial charge in [0.2, 0.25) is 17.8 Å². The van der Waals surface area contributed by atoms with Gasteiger partial charge in [0, 0.05) is 32.5 Å². The molecule has 9 heteroatoms. The van der Waals surface area contributed by atoms with Gasteiger partial charge in [-0.15, -0.1) is 0 Å². The molecule has 2 N–H and O–H groups in total. The van der Waals surface area contributed by atoms with Crippen molar-refractivity contribution in [1.29, 1.82) is 0 Å². The molecule has 2 aromatic heterocycles. The van der Waals surface area contributed by atoms with E-state index < -0.39 is 0 Å². The molecule has 1 unspecified atom stereocenters. The maximum atomic E-state index is 11.8. The van der Waals surface area contributed by atoms with Crippen LogP contribution in [0.1, 0.15) is 6.92 Å². The van der Waals surface area contributed by atoms with Crippen LogP contribution in [0.15, 0.2) is 18.5 Å². The minimum absolute atomic E-state index is 0.0340. The van der Waals surface area contributed by atoms with Crippen molar-refractivity contribution < 1.29 is 4.79 Å². The quantitative estimate of drug-likeness (QED) is 0.779. The fraction of sp³-hybridized carbons (Fsp3) is 0.417. The van der Waals surface area contributed by atoms with Crippen LogP contribution >= 0.6 is 0 Å². The SMILES string of the molecule is CNc1nc(N2CCNC(=O)C2C)nc(-n2cccn2)n1. The third-order valence-corrected chi connectivity index (χ3v) is 3.30. The largest absolute Gasteiger partial charge is 0.357 e. The molecule has 3 rings (SSSR count). The van der Waals surface area contributed by atoms with E-state index in [1.807, 2.05) is 11.8 Å². The molecule has 1 saturated heterocycles. The highest BCUT2D eigenvalue weighted by Crippen LogP contribution is 2.16. The summed E-state index contributed by atoms with van der Waals surface area (Å²) in [5.74, 6) is 1.27. The molecule has 0 bridgehead atoms. The number of carbonyl (C=O) groups excluding carboxylic acids is 1. The molecular formula is C12H16N8O. The minimum atomic E-state index is -0.323. The van der Waals surface area contributed by atoms with Crippen molar-refractivity contribution in [1.82, 2.24) is 30.0 Å². The second-order valence-electron chi connectivity index (χ2n) is 4.62. The van der Waals surface area contributed by atoms with Crippen molar-refractivity contribution in [3.05, 3.63) is 18.5 Å². The van der Waals surface area contributed by atoms with E-state index in [9.17, 15) is 4.79 Å². The average Bonchev–Trinajstić information content (AvgIpc) is 3.04. The molecule has 1 aliphatic heterocycles. The molecule has 0 saturated carbocycles. The lowest BCUT2D eigenvalue weighted by Crippen LogP contribution is -2.54. The van der Waals surface area contributed by atoms with Crippen LogP contribution in [-0.4, -0.2) is 56.8 Å². The first kappa shape index (κ1) is 13.3. The maximum absolute atomic E-state index is 11.8. The van der Waals surface area contributed by atoms with E-state index >= 15 is 0 Å². The summed E-state index contributed by atoms with van der Waals surface area (Å²) in [7, 11) is 1.73. The number of carbonyl (C=O) groups is 1. The number of nitrogens with zero attached hydrogens (tertiary/aromatic N) is 6. The summed E-state index contributed by atoms with van der Waals surface area (Å²) in [5.41, 5.74) is 0. The highest BCUT2D eigenvalue weighted by Gasteiger charge is 2.28. The maximum Gasteiger partial charge on any atom is 0.257 e. The van der Waals surface area contributed by atoms with E-state index in [1.165, 1.54) is 0 Å². The Morgan fingerprint density at radius 3 is 2.86 bits per heavy atom. The molecule has 21 heavy (non-hydrogen) atoms. The summed E-state index contributed by atoms with van der Waals surface area (Å²) in [5, 5.41) is 9.84. The molecule has 1 amide bonds. The topological polar surface area (TPSA) is 101 Å². The average molecular weight is 288 g/mol. The third kappa shape index (κ3) is 2.49. The molecule has 9 nitrogen and oxygen atoms in total. The Kier molecular flexibility index (Phi) is 3.38. The predicted molar refractivity (Wildman–Crippen MR) is 76.3 cm³/mol. The van der Waals surface area contributed by atoms with E-state index in [2.05, 4.69) is 30.7 Å². The first-order valence-corrected chi connectivity index (χ1v) is 6.67. The monoisotopic (exact) mass is 288 g/mol. The van der Waals surface area contributed by atoms with Crippen LogP contribution in [0.5, 0.6) is 0 Å². The van der Waals surface area contributed by atoms with Gasteiger partial charge < -0.3 is 15.5 Å². The smallest absolute Gasteiger partial charge is 0.257 e. The van der Waals surface area contributed by atoms with Crippen molar-refractivity contribution in [3.63, 3.8) is 0 Å². The standard InChI is InChI=1S/C12H16N8O/c1-8-9(21)14-5-7-19(8)11-16-10(13-2)17-12(18-11)20-6-3-4-15-20/h3-4,6,8H,5,7H2,1-2H3,(H,14,21)(H,13,16,17,18). The first-order chi connectivity index (χ1) is 10.2. The first-order valence-electron chi connectivity index (χ1n) is 6.67. The van der Waals surface area contributed by atoms with Crippen molar-refractivity contribution in [2.45, 2.75) is 13.0 Å². The summed E-state index contributed by atoms with van der Waals surface area (Å²) in [6.45, 7) is 3.05. The van der Waals surface area contributed by atoms with Gasteiger partial charge in [-0.1, -0.05) is 0 Å². The molecular weight excluding hydrogens is 272 g/mol. The lowest BCUT2D eigenvalue weighted by molar-refractivity contribution is -0.122. The van der Waals surface area contributed by atoms with E-state index in [0.717, 1.165) is 0 Å². The van der Waals surface area contributed by atoms with Crippen LogP contribution in [0.25, 0.3) is 5.95 Å². The van der Waals surface area contributed by atoms with E-state index in [4.69, 9.17) is 0 Å². The fourth-order valence-electron chi connectivity index (χ4n) is 2.14. The zero-order chi connectivity index (χ0) is 14.8. The number of aromatic nitrogens is 5. The van der Waals surface area contributed by atoms with Gasteiger partial charge in [-0.3, -0.25) is 4.79 Å². The Bertz CT molecular complexity index is 641. The number of anilines is 2. The molecule has 3 heterocycles. The Morgan fingerprint density at radius 2 is 2.14 bits per heavy atom. The van der Waals surface area contributed by atoms with Crippen LogP contribution in [0.2, 0.25) is 0 Å². The van der Waals surface area contributed by atoms with Gasteiger partial charge >= 0.3 is 0 Å². The molecule has 2 aromatic rings. The van der Waals surface area contributed by atoms with Gasteiger partial charge in [0.15, 0.2) is 0 Å². The van der Waals surface area contributed by atoms with Crippen LogP contribution in [0.4, 0.5) is 11.9 Å². The molecule has 1 aliphatic rings. The third-order valence-electron chi connectivity index (χ3n) is 3.30. The van der Waals surface area contributed by atoms with Gasteiger partial charge in [-0.25, -0.2) is 4.68 Å². The Balaban J connectivity index is 2.01. The lowest BCUT2D eigenvalue weighted by Gasteiger charge is -2.32. The molecule has 110 valence electrons. The van der Waals surface area contributed by atoms with Gasteiger partial charge in [0.25, 0.3) is 5.95 Å². The Morgan fingerprint density at radius 1 is 1.33 bits per heavy atom. The van der Waals surface area contributed by atoms with Gasteiger partial charge in [-0.2, -0.15) is 20.1 Å². The van der Waals surface area contributed by atoms with Crippen molar-refractivity contribution in [2.75, 3.05) is 30.4 Å². The fourth-order valence-corrected chi connectivity index (χ4v) is 2.14. The number of amides is 1. The molecule has 0 aliphatic carbocycles. The molecule has 1 fully saturated rings. The van der Waals surface area contributed by atoms with Gasteiger partial charge in [0.05, 0.1) is 0 Å². The summed E-state index contributed by atoms with van der Waals surface area (Å²) in [6, 6.07) is 1.47. The van der Waals surface area contributed by atoms with Crippen LogP contribution in [0.3, 0.4) is 0 Å². The van der Waals surface area contributed by atoms with Crippen LogP contribution in [0, 0.1) is 0 Å². The highest BCUT2D eigenvalue weighted by atomic mass is 16.2. The summed E-state index contributed by atoms with van der Waals surface area (Å²) < 4.78 is 1.56. The number of piperazine rings is 1. The lowest BCUT2D eigenvalue weighted by atomic mass is 10.2. The molecule has 0 aromatic carbocycles. The Hall–Kier alpha value is -2.71. The summed E-state index contributed by atoms with van der Waals surface area (Å²) >= 11 is 0. The zero-order valence-electron chi connectivity index (χ0n) is 11.8. The van der Waals surface area contributed by atoms with Crippen molar-refractivity contribution in [3.8, 4) is 5.95 Å². The van der Waals surface area contributed by atoms with E-state index in [1.54, 1.807) is 30.2 Å². The number of hydrogen-bond acceptors (Lipinski definition) is 7. The summed E-state index contributed by atoms with van der Waals surface area (Å²) in [4.78, 5) is 26.7. The van der Waals surface area contributed by atoms with Gasteiger partial charge in [-0.05, 0) is 13.0 Å². The van der Waals surface area contributed by atoms with E-state index in [-0.39, 0.29) is 11.9 Å². The van der Waals surface area contributed by atoms with Crippen molar-refractivity contribution >= 4 is 17.8 Å². The van der Waals surface area contributed by atoms with Crippen LogP contribution in [-0.2, 0) is 4.79 Å². The van der Waals surface area contributed by atoms with E-state index in [0.29, 0.717) is 30.9 Å². The second kappa shape index (κ2) is 5.35. The predicted octanol–water partition coefficient (Wildman–Crippen LogP) is -0.576. The number of rotatable bonds is 3. The molecule has 1 atom stereocenters. The normalized spacial score (nSPS) is 18.5. The zero-order valence-corrected chi connectivity index (χ0v) is 11.8. The molecule has 0 radical (unpaired) electrons. The number of hydrogen-bond donors (Lipinski definition) is 2. The number of nitrogens with one attached hydrogen (secondary N) is 2. The highest BCUT2D eigenvalue weighted by molar-refractivity contribution is 5.85. The van der Waals surface area contributed by atoms with Crippen LogP contribution < -0.4 is 15.5 Å². The minimum Gasteiger partial charge on any atom is -0.357 e. The Labute approximate surface area is 121 Å². The molecule has 0 spiro atoms. The summed E-state index contributed by atoms with van der Waals surface area (Å²) in [6.07, 6.45) is 3.41.